The molecule has 0 saturated carbocycles. The molecule has 0 fully saturated rings. The zero-order valence-corrected chi connectivity index (χ0v) is 16.8. The Labute approximate surface area is 169 Å². The van der Waals surface area contributed by atoms with Crippen LogP contribution in [0.4, 0.5) is 13.2 Å². The number of alkyl halides is 3. The first-order valence-corrected chi connectivity index (χ1v) is 10.5. The van der Waals surface area contributed by atoms with Crippen molar-refractivity contribution in [2.75, 3.05) is 13.1 Å². The lowest BCUT2D eigenvalue weighted by molar-refractivity contribution is -0.123. The molecule has 0 unspecified atom stereocenters. The molecule has 2 aromatic rings. The van der Waals surface area contributed by atoms with E-state index in [1.807, 2.05) is 0 Å². The Hall–Kier alpha value is -1.88. The summed E-state index contributed by atoms with van der Waals surface area (Å²) in [7, 11) is -3.92. The van der Waals surface area contributed by atoms with E-state index in [-0.39, 0.29) is 23.5 Å². The average Bonchev–Trinajstić information content (AvgIpc) is 3.03. The quantitative estimate of drug-likeness (QED) is 0.614. The molecule has 1 heterocycles. The van der Waals surface area contributed by atoms with Crippen LogP contribution in [-0.4, -0.2) is 37.9 Å². The molecule has 1 aromatic carbocycles. The smallest absolute Gasteiger partial charge is 0.343 e. The van der Waals surface area contributed by atoms with E-state index in [0.717, 1.165) is 17.0 Å². The van der Waals surface area contributed by atoms with Gasteiger partial charge < -0.3 is 5.32 Å². The van der Waals surface area contributed by atoms with Gasteiger partial charge in [-0.05, 0) is 36.4 Å². The van der Waals surface area contributed by atoms with Crippen LogP contribution in [-0.2, 0) is 16.6 Å². The lowest BCUT2D eigenvalue weighted by atomic mass is 10.2. The van der Waals surface area contributed by atoms with Crippen LogP contribution < -0.4 is 5.32 Å². The molecule has 0 saturated heterocycles. The van der Waals surface area contributed by atoms with Crippen molar-refractivity contribution in [3.05, 3.63) is 63.8 Å². The van der Waals surface area contributed by atoms with Crippen molar-refractivity contribution in [1.29, 1.82) is 0 Å². The molecule has 11 heteroatoms. The largest absolute Gasteiger partial charge is 0.405 e. The summed E-state index contributed by atoms with van der Waals surface area (Å²) in [5.41, 5.74) is -0.0801. The van der Waals surface area contributed by atoms with Crippen LogP contribution in [0.3, 0.4) is 0 Å². The van der Waals surface area contributed by atoms with Gasteiger partial charge >= 0.3 is 6.18 Å². The second-order valence-electron chi connectivity index (χ2n) is 5.61. The third-order valence-corrected chi connectivity index (χ3v) is 6.54. The van der Waals surface area contributed by atoms with Gasteiger partial charge in [-0.15, -0.1) is 17.9 Å². The van der Waals surface area contributed by atoms with Crippen LogP contribution in [0, 0.1) is 0 Å². The Balaban J connectivity index is 2.18. The van der Waals surface area contributed by atoms with Gasteiger partial charge in [0.2, 0.25) is 10.0 Å². The zero-order chi connectivity index (χ0) is 20.9. The van der Waals surface area contributed by atoms with Gasteiger partial charge in [0.15, 0.2) is 0 Å². The van der Waals surface area contributed by atoms with Crippen molar-refractivity contribution >= 4 is 38.9 Å². The predicted octanol–water partition coefficient (Wildman–Crippen LogP) is 4.07. The third-order valence-electron chi connectivity index (χ3n) is 3.50. The molecule has 1 amide bonds. The maximum atomic E-state index is 12.9. The standard InChI is InChI=1S/C17H16ClF3N2O3S2/c1-2-9-23(10-13-5-8-15(18)27-13)28(25,26)14-6-3-12(4-7-14)16(24)22-11-17(19,20)21/h2-8H,1,9-11H2,(H,22,24). The zero-order valence-electron chi connectivity index (χ0n) is 14.4. The minimum absolute atomic E-state index is 0.0473. The number of rotatable bonds is 8. The van der Waals surface area contributed by atoms with Crippen LogP contribution in [0.15, 0.2) is 53.9 Å². The highest BCUT2D eigenvalue weighted by Gasteiger charge is 2.28. The van der Waals surface area contributed by atoms with E-state index in [1.54, 1.807) is 17.4 Å². The highest BCUT2D eigenvalue weighted by atomic mass is 35.5. The van der Waals surface area contributed by atoms with Gasteiger partial charge in [-0.2, -0.15) is 17.5 Å². The summed E-state index contributed by atoms with van der Waals surface area (Å²) in [6.07, 6.45) is -3.10. The van der Waals surface area contributed by atoms with Crippen LogP contribution >= 0.6 is 22.9 Å². The Morgan fingerprint density at radius 3 is 2.36 bits per heavy atom. The van der Waals surface area contributed by atoms with Gasteiger partial charge in [-0.25, -0.2) is 8.42 Å². The van der Waals surface area contributed by atoms with Gasteiger partial charge in [-0.1, -0.05) is 17.7 Å². The topological polar surface area (TPSA) is 66.5 Å². The number of sulfonamides is 1. The van der Waals surface area contributed by atoms with E-state index in [4.69, 9.17) is 11.6 Å². The molecular formula is C17H16ClF3N2O3S2. The number of nitrogens with one attached hydrogen (secondary N) is 1. The number of hydrogen-bond donors (Lipinski definition) is 1. The minimum atomic E-state index is -4.53. The van der Waals surface area contributed by atoms with Crippen molar-refractivity contribution in [3.63, 3.8) is 0 Å². The maximum absolute atomic E-state index is 12.9. The molecule has 1 aromatic heterocycles. The van der Waals surface area contributed by atoms with Gasteiger partial charge in [-0.3, -0.25) is 4.79 Å². The van der Waals surface area contributed by atoms with Crippen LogP contribution in [0.2, 0.25) is 4.34 Å². The molecule has 1 N–H and O–H groups in total. The first-order valence-electron chi connectivity index (χ1n) is 7.83. The monoisotopic (exact) mass is 452 g/mol. The lowest BCUT2D eigenvalue weighted by Crippen LogP contribution is -2.33. The van der Waals surface area contributed by atoms with E-state index in [0.29, 0.717) is 4.34 Å². The number of benzene rings is 1. The average molecular weight is 453 g/mol. The number of carbonyl (C=O) groups is 1. The van der Waals surface area contributed by atoms with Crippen LogP contribution in [0.1, 0.15) is 15.2 Å². The van der Waals surface area contributed by atoms with Crippen molar-refractivity contribution in [2.45, 2.75) is 17.6 Å². The van der Waals surface area contributed by atoms with Gasteiger partial charge in [0.25, 0.3) is 5.91 Å². The van der Waals surface area contributed by atoms with E-state index in [9.17, 15) is 26.4 Å². The molecule has 0 spiro atoms. The molecule has 0 aliphatic heterocycles. The molecule has 0 atom stereocenters. The van der Waals surface area contributed by atoms with Crippen LogP contribution in [0.25, 0.3) is 0 Å². The van der Waals surface area contributed by atoms with Crippen molar-refractivity contribution in [1.82, 2.24) is 9.62 Å². The van der Waals surface area contributed by atoms with Crippen molar-refractivity contribution in [3.8, 4) is 0 Å². The van der Waals surface area contributed by atoms with E-state index in [1.165, 1.54) is 33.9 Å². The summed E-state index contributed by atoms with van der Waals surface area (Å²) in [6, 6.07) is 8.05. The highest BCUT2D eigenvalue weighted by Crippen LogP contribution is 2.25. The van der Waals surface area contributed by atoms with Crippen LogP contribution in [0.5, 0.6) is 0 Å². The molecule has 0 aliphatic rings. The molecule has 0 bridgehead atoms. The van der Waals surface area contributed by atoms with E-state index < -0.39 is 28.7 Å². The first-order chi connectivity index (χ1) is 13.0. The molecule has 0 aliphatic carbocycles. The molecule has 2 rings (SSSR count). The lowest BCUT2D eigenvalue weighted by Gasteiger charge is -2.20. The SMILES string of the molecule is C=CCN(Cc1ccc(Cl)s1)S(=O)(=O)c1ccc(C(=O)NCC(F)(F)F)cc1. The van der Waals surface area contributed by atoms with Gasteiger partial charge in [0, 0.05) is 23.5 Å². The molecule has 0 radical (unpaired) electrons. The fourth-order valence-corrected chi connectivity index (χ4v) is 4.79. The summed E-state index contributed by atoms with van der Waals surface area (Å²) < 4.78 is 64.0. The Kier molecular flexibility index (Phi) is 7.27. The Morgan fingerprint density at radius 2 is 1.86 bits per heavy atom. The number of thiophene rings is 1. The number of hydrogen-bond acceptors (Lipinski definition) is 4. The number of nitrogens with zero attached hydrogens (tertiary/aromatic N) is 1. The summed E-state index contributed by atoms with van der Waals surface area (Å²) in [5, 5.41) is 1.73. The molecule has 152 valence electrons. The summed E-state index contributed by atoms with van der Waals surface area (Å²) in [5.74, 6) is -0.947. The normalized spacial score (nSPS) is 12.2. The number of amides is 1. The maximum Gasteiger partial charge on any atom is 0.405 e. The second-order valence-corrected chi connectivity index (χ2v) is 9.35. The predicted molar refractivity (Wildman–Crippen MR) is 102 cm³/mol. The van der Waals surface area contributed by atoms with Crippen molar-refractivity contribution in [2.24, 2.45) is 0 Å². The second kappa shape index (κ2) is 9.08. The Morgan fingerprint density at radius 1 is 1.21 bits per heavy atom. The highest BCUT2D eigenvalue weighted by molar-refractivity contribution is 7.89. The number of carbonyl (C=O) groups excluding carboxylic acids is 1. The van der Waals surface area contributed by atoms with Crippen molar-refractivity contribution < 1.29 is 26.4 Å². The third kappa shape index (κ3) is 6.06. The van der Waals surface area contributed by atoms with Gasteiger partial charge in [0.05, 0.1) is 9.23 Å². The molecular weight excluding hydrogens is 437 g/mol. The number of halogens is 4. The fraction of sp³-hybridized carbons (Fsp3) is 0.235. The first kappa shape index (κ1) is 22.4. The van der Waals surface area contributed by atoms with E-state index in [2.05, 4.69) is 6.58 Å². The van der Waals surface area contributed by atoms with E-state index >= 15 is 0 Å². The molecule has 5 nitrogen and oxygen atoms in total. The minimum Gasteiger partial charge on any atom is -0.343 e. The summed E-state index contributed by atoms with van der Waals surface area (Å²) >= 11 is 7.12. The fourth-order valence-electron chi connectivity index (χ4n) is 2.21. The summed E-state index contributed by atoms with van der Waals surface area (Å²) in [4.78, 5) is 12.4. The van der Waals surface area contributed by atoms with Gasteiger partial charge in [0.1, 0.15) is 6.54 Å². The summed E-state index contributed by atoms with van der Waals surface area (Å²) in [6.45, 7) is 2.22. The Bertz CT molecular complexity index is 941. The molecule has 28 heavy (non-hydrogen) atoms.